The van der Waals surface area contributed by atoms with E-state index in [9.17, 15) is 9.59 Å². The van der Waals surface area contributed by atoms with Crippen LogP contribution in [0.3, 0.4) is 0 Å². The highest BCUT2D eigenvalue weighted by molar-refractivity contribution is 5.94. The van der Waals surface area contributed by atoms with Gasteiger partial charge in [-0.2, -0.15) is 5.10 Å². The first-order valence-electron chi connectivity index (χ1n) is 6.63. The zero-order valence-corrected chi connectivity index (χ0v) is 12.3. The molecule has 0 unspecified atom stereocenters. The average Bonchev–Trinajstić information content (AvgIpc) is 2.49. The van der Waals surface area contributed by atoms with Gasteiger partial charge < -0.3 is 0 Å². The Labute approximate surface area is 122 Å². The minimum atomic E-state index is -0.627. The number of hydrogen-bond acceptors (Lipinski definition) is 4. The largest absolute Gasteiger partial charge is 0.290 e. The first-order valence-corrected chi connectivity index (χ1v) is 6.63. The van der Waals surface area contributed by atoms with E-state index in [1.807, 2.05) is 29.7 Å². The lowest BCUT2D eigenvalue weighted by Gasteiger charge is -2.09. The summed E-state index contributed by atoms with van der Waals surface area (Å²) in [5.74, 6) is 4.91. The Morgan fingerprint density at radius 3 is 2.43 bits per heavy atom. The summed E-state index contributed by atoms with van der Waals surface area (Å²) in [5, 5.41) is 4.18. The highest BCUT2D eigenvalue weighted by Crippen LogP contribution is 2.21. The van der Waals surface area contributed by atoms with Crippen LogP contribution in [0.5, 0.6) is 0 Å². The molecule has 0 saturated heterocycles. The molecule has 0 bridgehead atoms. The molecule has 3 N–H and O–H groups in total. The number of amides is 1. The van der Waals surface area contributed by atoms with Crippen molar-refractivity contribution in [1.29, 1.82) is 0 Å². The average molecular weight is 286 g/mol. The maximum absolute atomic E-state index is 11.9. The summed E-state index contributed by atoms with van der Waals surface area (Å²) in [6.07, 6.45) is 0. The Kier molecular flexibility index (Phi) is 4.18. The van der Waals surface area contributed by atoms with Gasteiger partial charge in [-0.15, -0.1) is 0 Å². The zero-order valence-electron chi connectivity index (χ0n) is 12.3. The molecule has 1 aromatic heterocycles. The van der Waals surface area contributed by atoms with E-state index in [1.54, 1.807) is 0 Å². The number of nitrogens with two attached hydrogens (primary N) is 1. The highest BCUT2D eigenvalue weighted by Gasteiger charge is 2.14. The number of nitrogens with zero attached hydrogens (tertiary/aromatic N) is 2. The second kappa shape index (κ2) is 5.88. The number of carbonyl (C=O) groups is 1. The molecule has 0 radical (unpaired) electrons. The molecule has 1 heterocycles. The van der Waals surface area contributed by atoms with Crippen molar-refractivity contribution in [3.63, 3.8) is 0 Å². The van der Waals surface area contributed by atoms with Gasteiger partial charge in [0.15, 0.2) is 0 Å². The van der Waals surface area contributed by atoms with Crippen LogP contribution < -0.4 is 16.8 Å². The molecule has 0 fully saturated rings. The van der Waals surface area contributed by atoms with Crippen LogP contribution >= 0.6 is 0 Å². The van der Waals surface area contributed by atoms with Gasteiger partial charge >= 0.3 is 0 Å². The summed E-state index contributed by atoms with van der Waals surface area (Å²) < 4.78 is 1.14. The Balaban J connectivity index is 2.51. The number of aromatic nitrogens is 2. The van der Waals surface area contributed by atoms with Gasteiger partial charge in [-0.1, -0.05) is 38.1 Å². The van der Waals surface area contributed by atoms with E-state index < -0.39 is 11.5 Å². The number of rotatable bonds is 3. The van der Waals surface area contributed by atoms with Crippen LogP contribution in [-0.4, -0.2) is 15.7 Å². The summed E-state index contributed by atoms with van der Waals surface area (Å²) in [5.41, 5.74) is 4.05. The molecule has 21 heavy (non-hydrogen) atoms. The number of hydrazine groups is 1. The maximum atomic E-state index is 11.9. The van der Waals surface area contributed by atoms with E-state index in [-0.39, 0.29) is 5.56 Å². The predicted molar refractivity (Wildman–Crippen MR) is 80.7 cm³/mol. The lowest BCUT2D eigenvalue weighted by atomic mass is 10.0. The molecular formula is C15H18N4O2. The van der Waals surface area contributed by atoms with E-state index >= 15 is 0 Å². The fourth-order valence-electron chi connectivity index (χ4n) is 2.03. The van der Waals surface area contributed by atoms with Gasteiger partial charge in [0.25, 0.3) is 11.5 Å². The van der Waals surface area contributed by atoms with E-state index in [4.69, 9.17) is 5.84 Å². The van der Waals surface area contributed by atoms with Crippen LogP contribution in [-0.2, 0) is 7.05 Å². The van der Waals surface area contributed by atoms with Crippen molar-refractivity contribution >= 4 is 5.91 Å². The molecule has 0 aliphatic rings. The van der Waals surface area contributed by atoms with Crippen molar-refractivity contribution in [3.8, 4) is 11.3 Å². The van der Waals surface area contributed by atoms with Crippen LogP contribution in [0.1, 0.15) is 35.7 Å². The maximum Gasteiger partial charge on any atom is 0.279 e. The number of nitrogens with one attached hydrogen (secondary N) is 1. The Hall–Kier alpha value is -2.47. The third-order valence-electron chi connectivity index (χ3n) is 3.31. The fraction of sp³-hybridized carbons (Fsp3) is 0.267. The van der Waals surface area contributed by atoms with Crippen LogP contribution in [0.25, 0.3) is 11.3 Å². The number of hydrogen-bond donors (Lipinski definition) is 2. The van der Waals surface area contributed by atoms with Crippen molar-refractivity contribution in [2.75, 3.05) is 0 Å². The van der Waals surface area contributed by atoms with Gasteiger partial charge in [0.05, 0.1) is 5.69 Å². The van der Waals surface area contributed by atoms with Crippen molar-refractivity contribution < 1.29 is 4.79 Å². The number of carbonyl (C=O) groups excluding carboxylic acids is 1. The van der Waals surface area contributed by atoms with Gasteiger partial charge in [0.2, 0.25) is 0 Å². The molecule has 0 aliphatic heterocycles. The predicted octanol–water partition coefficient (Wildman–Crippen LogP) is 1.17. The van der Waals surface area contributed by atoms with Gasteiger partial charge in [0, 0.05) is 12.6 Å². The standard InChI is InChI=1S/C15H18N4O2/c1-9(2)10-4-6-11(7-5-10)13-8-12(14(20)17-16)15(21)19(3)18-13/h4-9H,16H2,1-3H3,(H,17,20). The molecule has 6 nitrogen and oxygen atoms in total. The lowest BCUT2D eigenvalue weighted by Crippen LogP contribution is -2.36. The molecular weight excluding hydrogens is 268 g/mol. The minimum absolute atomic E-state index is 0.0297. The molecule has 1 aromatic carbocycles. The topological polar surface area (TPSA) is 90.0 Å². The van der Waals surface area contributed by atoms with Gasteiger partial charge in [-0.3, -0.25) is 15.0 Å². The van der Waals surface area contributed by atoms with E-state index in [2.05, 4.69) is 18.9 Å². The first kappa shape index (κ1) is 14.9. The zero-order chi connectivity index (χ0) is 15.6. The van der Waals surface area contributed by atoms with Crippen molar-refractivity contribution in [3.05, 3.63) is 51.8 Å². The second-order valence-corrected chi connectivity index (χ2v) is 5.12. The molecule has 0 aliphatic carbocycles. The van der Waals surface area contributed by atoms with E-state index in [0.717, 1.165) is 10.2 Å². The van der Waals surface area contributed by atoms with Crippen LogP contribution in [0.4, 0.5) is 0 Å². The van der Waals surface area contributed by atoms with Crippen LogP contribution in [0.2, 0.25) is 0 Å². The molecule has 2 aromatic rings. The summed E-state index contributed by atoms with van der Waals surface area (Å²) in [6.45, 7) is 4.23. The minimum Gasteiger partial charge on any atom is -0.290 e. The lowest BCUT2D eigenvalue weighted by molar-refractivity contribution is 0.0951. The van der Waals surface area contributed by atoms with Gasteiger partial charge in [0.1, 0.15) is 5.56 Å². The summed E-state index contributed by atoms with van der Waals surface area (Å²) in [6, 6.07) is 9.32. The van der Waals surface area contributed by atoms with Crippen LogP contribution in [0.15, 0.2) is 35.1 Å². The second-order valence-electron chi connectivity index (χ2n) is 5.12. The third-order valence-corrected chi connectivity index (χ3v) is 3.31. The Morgan fingerprint density at radius 1 is 1.29 bits per heavy atom. The summed E-state index contributed by atoms with van der Waals surface area (Å²) in [4.78, 5) is 23.5. The Morgan fingerprint density at radius 2 is 1.90 bits per heavy atom. The summed E-state index contributed by atoms with van der Waals surface area (Å²) >= 11 is 0. The fourth-order valence-corrected chi connectivity index (χ4v) is 2.03. The molecule has 110 valence electrons. The summed E-state index contributed by atoms with van der Waals surface area (Å²) in [7, 11) is 1.50. The molecule has 0 saturated carbocycles. The smallest absolute Gasteiger partial charge is 0.279 e. The molecule has 0 spiro atoms. The van der Waals surface area contributed by atoms with Crippen molar-refractivity contribution in [1.82, 2.24) is 15.2 Å². The van der Waals surface area contributed by atoms with Crippen molar-refractivity contribution in [2.24, 2.45) is 12.9 Å². The number of benzene rings is 1. The number of aryl methyl sites for hydroxylation is 1. The van der Waals surface area contributed by atoms with Gasteiger partial charge in [-0.05, 0) is 17.5 Å². The van der Waals surface area contributed by atoms with E-state index in [1.165, 1.54) is 18.7 Å². The molecule has 6 heteroatoms. The first-order chi connectivity index (χ1) is 9.93. The number of nitrogen functional groups attached to an aromatic ring is 1. The monoisotopic (exact) mass is 286 g/mol. The van der Waals surface area contributed by atoms with E-state index in [0.29, 0.717) is 11.6 Å². The normalized spacial score (nSPS) is 10.7. The van der Waals surface area contributed by atoms with Crippen LogP contribution in [0, 0.1) is 0 Å². The third kappa shape index (κ3) is 3.00. The Bertz CT molecular complexity index is 717. The highest BCUT2D eigenvalue weighted by atomic mass is 16.2. The van der Waals surface area contributed by atoms with Gasteiger partial charge in [-0.25, -0.2) is 10.5 Å². The quantitative estimate of drug-likeness (QED) is 0.503. The van der Waals surface area contributed by atoms with Crippen molar-refractivity contribution in [2.45, 2.75) is 19.8 Å². The molecule has 1 amide bonds. The molecule has 2 rings (SSSR count). The molecule has 0 atom stereocenters. The SMILES string of the molecule is CC(C)c1ccc(-c2cc(C(=O)NN)c(=O)n(C)n2)cc1.